The summed E-state index contributed by atoms with van der Waals surface area (Å²) in [5.74, 6) is -5.29. The maximum Gasteiger partial charge on any atom is 0.340 e. The number of hydrogen-bond donors (Lipinski definition) is 0. The molecule has 6 aromatic carbocycles. The molecule has 3 amide bonds. The van der Waals surface area contributed by atoms with Crippen molar-refractivity contribution < 1.29 is 33.4 Å². The quantitative estimate of drug-likeness (QED) is 0.0551. The molecule has 0 bridgehead atoms. The van der Waals surface area contributed by atoms with Crippen molar-refractivity contribution in [2.45, 2.75) is 48.3 Å². The van der Waals surface area contributed by atoms with Gasteiger partial charge in [0.1, 0.15) is 6.04 Å². The molecule has 11 nitrogen and oxygen atoms in total. The number of likely N-dealkylation sites (N-methyl/N-ethyl adjacent to an activating group) is 1. The number of esters is 2. The summed E-state index contributed by atoms with van der Waals surface area (Å²) in [7, 11) is 1.37. The minimum Gasteiger partial charge on any atom is -0.451 e. The molecule has 1 spiro atoms. The van der Waals surface area contributed by atoms with Gasteiger partial charge in [0.15, 0.2) is 17.7 Å². The highest BCUT2D eigenvalue weighted by Gasteiger charge is 2.83. The van der Waals surface area contributed by atoms with Gasteiger partial charge in [-0.1, -0.05) is 170 Å². The van der Waals surface area contributed by atoms with Gasteiger partial charge in [-0.25, -0.2) is 14.6 Å². The third-order valence-corrected chi connectivity index (χ3v) is 13.9. The molecular formula is C53H43BrN4O7. The fourth-order valence-corrected chi connectivity index (χ4v) is 11.0. The summed E-state index contributed by atoms with van der Waals surface area (Å²) >= 11 is 3.73. The lowest BCUT2D eigenvalue weighted by atomic mass is 9.75. The average molecular weight is 928 g/mol. The van der Waals surface area contributed by atoms with Crippen molar-refractivity contribution in [1.29, 1.82) is 0 Å². The van der Waals surface area contributed by atoms with E-state index in [0.717, 1.165) is 10.5 Å². The summed E-state index contributed by atoms with van der Waals surface area (Å²) in [5, 5.41) is 2.98. The molecule has 4 aliphatic rings. The van der Waals surface area contributed by atoms with Crippen molar-refractivity contribution in [1.82, 2.24) is 14.9 Å². The van der Waals surface area contributed by atoms with Gasteiger partial charge in [-0.15, -0.1) is 6.58 Å². The van der Waals surface area contributed by atoms with Crippen LogP contribution in [0, 0.1) is 5.92 Å². The van der Waals surface area contributed by atoms with Gasteiger partial charge in [0, 0.05) is 29.5 Å². The number of anilines is 1. The second kappa shape index (κ2) is 16.5. The van der Waals surface area contributed by atoms with Crippen LogP contribution in [0.1, 0.15) is 52.0 Å². The lowest BCUT2D eigenvalue weighted by molar-refractivity contribution is -0.192. The number of benzene rings is 6. The number of rotatable bonds is 11. The largest absolute Gasteiger partial charge is 0.451 e. The molecule has 12 heteroatoms. The Morgan fingerprint density at radius 1 is 0.662 bits per heavy atom. The van der Waals surface area contributed by atoms with Crippen molar-refractivity contribution in [2.75, 3.05) is 11.9 Å². The van der Waals surface area contributed by atoms with Gasteiger partial charge >= 0.3 is 11.9 Å². The number of hydrogen-bond acceptors (Lipinski definition) is 9. The third-order valence-electron chi connectivity index (χ3n) is 13.2. The molecule has 4 aliphatic heterocycles. The molecule has 3 saturated heterocycles. The average Bonchev–Trinajstić information content (AvgIpc) is 4.01. The van der Waals surface area contributed by atoms with E-state index in [-0.39, 0.29) is 13.0 Å². The second-order valence-electron chi connectivity index (χ2n) is 16.7. The SMILES string of the molecule is C=C[C@@H]1CC(C(=O)OC(c2ccccc2)c2ccccc2)(C(=O)OC(c2ccccc2)c2ccccc2)N2[C@@H]3C(=O)N(C)C(=O)[C@@H]3[C@@]3(C(=O)N(Cc4ccccc4)c4c(Br)cccc43)N12. The van der Waals surface area contributed by atoms with Gasteiger partial charge < -0.3 is 14.4 Å². The number of nitrogens with zero attached hydrogens (tertiary/aromatic N) is 4. The summed E-state index contributed by atoms with van der Waals surface area (Å²) in [4.78, 5) is 80.6. The Balaban J connectivity index is 1.20. The summed E-state index contributed by atoms with van der Waals surface area (Å²) in [6, 6.07) is 48.9. The smallest absolute Gasteiger partial charge is 0.340 e. The lowest BCUT2D eigenvalue weighted by Crippen LogP contribution is -2.64. The van der Waals surface area contributed by atoms with Gasteiger partial charge in [-0.2, -0.15) is 5.01 Å². The first-order valence-corrected chi connectivity index (χ1v) is 22.2. The topological polar surface area (TPSA) is 117 Å². The molecule has 324 valence electrons. The predicted molar refractivity (Wildman–Crippen MR) is 245 cm³/mol. The molecule has 65 heavy (non-hydrogen) atoms. The Hall–Kier alpha value is -6.99. The third kappa shape index (κ3) is 6.41. The molecule has 0 N–H and O–H groups in total. The molecule has 0 radical (unpaired) electrons. The Morgan fingerprint density at radius 3 is 1.58 bits per heavy atom. The Labute approximate surface area is 384 Å². The Kier molecular flexibility index (Phi) is 10.7. The molecular weight excluding hydrogens is 885 g/mol. The number of ether oxygens (including phenoxy) is 2. The van der Waals surface area contributed by atoms with Gasteiger partial charge in [0.05, 0.1) is 18.2 Å². The molecule has 3 fully saturated rings. The summed E-state index contributed by atoms with van der Waals surface area (Å²) in [5.41, 5.74) is -0.138. The number of fused-ring (bicyclic) bond motifs is 7. The number of hydrazine groups is 1. The molecule has 0 saturated carbocycles. The van der Waals surface area contributed by atoms with E-state index >= 15 is 14.4 Å². The Morgan fingerprint density at radius 2 is 1.12 bits per heavy atom. The molecule has 0 aliphatic carbocycles. The highest BCUT2D eigenvalue weighted by atomic mass is 79.9. The van der Waals surface area contributed by atoms with E-state index in [1.807, 2.05) is 158 Å². The van der Waals surface area contributed by atoms with E-state index in [4.69, 9.17) is 9.47 Å². The molecule has 0 unspecified atom stereocenters. The highest BCUT2D eigenvalue weighted by Crippen LogP contribution is 2.64. The summed E-state index contributed by atoms with van der Waals surface area (Å²) in [6.45, 7) is 4.32. The predicted octanol–water partition coefficient (Wildman–Crippen LogP) is 8.07. The molecule has 4 atom stereocenters. The van der Waals surface area contributed by atoms with Gasteiger partial charge in [-0.3, -0.25) is 19.3 Å². The van der Waals surface area contributed by atoms with Crippen molar-refractivity contribution in [3.63, 3.8) is 0 Å². The number of likely N-dealkylation sites (tertiary alicyclic amines) is 1. The van der Waals surface area contributed by atoms with Crippen LogP contribution in [0.3, 0.4) is 0 Å². The standard InChI is InChI=1S/C53H43BrN4O7/c1-3-39-32-52(50(62)64-45(35-22-11-5-12-23-35)36-24-13-6-14-25-36,51(63)65-46(37-26-15-7-16-27-37)38-28-17-8-18-29-38)58-44-42(47(59)55(2)48(44)60)53(57(39)58)40-30-19-31-41(54)43(40)56(49(53)61)33-34-20-9-4-10-21-34/h3-31,39,42,44-46H,1,32-33H2,2H3/t39-,42-,44+,53+/m1/s1. The van der Waals surface area contributed by atoms with E-state index in [2.05, 4.69) is 22.5 Å². The fraction of sp³-hybridized carbons (Fsp3) is 0.189. The normalized spacial score (nSPS) is 22.1. The molecule has 4 heterocycles. The van der Waals surface area contributed by atoms with Crippen molar-refractivity contribution in [2.24, 2.45) is 5.92 Å². The lowest BCUT2D eigenvalue weighted by Gasteiger charge is -2.41. The van der Waals surface area contributed by atoms with Crippen LogP contribution in [0.15, 0.2) is 187 Å². The number of imide groups is 1. The number of para-hydroxylation sites is 1. The maximum absolute atomic E-state index is 16.0. The van der Waals surface area contributed by atoms with E-state index in [1.54, 1.807) is 28.1 Å². The van der Waals surface area contributed by atoms with Crippen LogP contribution in [0.4, 0.5) is 5.69 Å². The van der Waals surface area contributed by atoms with E-state index in [1.165, 1.54) is 12.1 Å². The minimum absolute atomic E-state index is 0.125. The molecule has 6 aromatic rings. The Bertz CT molecular complexity index is 2660. The molecule has 0 aromatic heterocycles. The zero-order chi connectivity index (χ0) is 45.0. The number of carbonyl (C=O) groups is 5. The van der Waals surface area contributed by atoms with E-state index in [0.29, 0.717) is 38.0 Å². The monoisotopic (exact) mass is 926 g/mol. The number of carbonyl (C=O) groups excluding carboxylic acids is 5. The van der Waals surface area contributed by atoms with Crippen LogP contribution in [-0.2, 0) is 45.5 Å². The summed E-state index contributed by atoms with van der Waals surface area (Å²) in [6.07, 6.45) is -0.829. The maximum atomic E-state index is 16.0. The molecule has 10 rings (SSSR count). The number of amides is 3. The zero-order valence-corrected chi connectivity index (χ0v) is 36.9. The van der Waals surface area contributed by atoms with Crippen LogP contribution in [0.2, 0.25) is 0 Å². The van der Waals surface area contributed by atoms with Crippen molar-refractivity contribution >= 4 is 51.3 Å². The second-order valence-corrected chi connectivity index (χ2v) is 17.6. The number of halogens is 1. The van der Waals surface area contributed by atoms with Crippen LogP contribution in [-0.4, -0.2) is 69.2 Å². The van der Waals surface area contributed by atoms with Crippen LogP contribution in [0.25, 0.3) is 0 Å². The van der Waals surface area contributed by atoms with Gasteiger partial charge in [-0.05, 0) is 49.8 Å². The van der Waals surface area contributed by atoms with Crippen LogP contribution >= 0.6 is 15.9 Å². The summed E-state index contributed by atoms with van der Waals surface area (Å²) < 4.78 is 13.9. The highest BCUT2D eigenvalue weighted by molar-refractivity contribution is 9.10. The first kappa shape index (κ1) is 42.0. The minimum atomic E-state index is -2.46. The van der Waals surface area contributed by atoms with Crippen molar-refractivity contribution in [3.8, 4) is 0 Å². The van der Waals surface area contributed by atoms with Gasteiger partial charge in [0.25, 0.3) is 5.91 Å². The van der Waals surface area contributed by atoms with Crippen LogP contribution in [0.5, 0.6) is 0 Å². The first-order chi connectivity index (χ1) is 31.6. The first-order valence-electron chi connectivity index (χ1n) is 21.4. The van der Waals surface area contributed by atoms with E-state index < -0.39 is 70.9 Å². The van der Waals surface area contributed by atoms with Crippen molar-refractivity contribution in [3.05, 3.63) is 220 Å². The van der Waals surface area contributed by atoms with Gasteiger partial charge in [0.2, 0.25) is 17.4 Å². The fourth-order valence-electron chi connectivity index (χ4n) is 10.4. The van der Waals surface area contributed by atoms with Crippen LogP contribution < -0.4 is 4.90 Å². The zero-order valence-electron chi connectivity index (χ0n) is 35.3. The van der Waals surface area contributed by atoms with E-state index in [9.17, 15) is 9.59 Å².